The van der Waals surface area contributed by atoms with Gasteiger partial charge in [0.05, 0.1) is 5.75 Å². The monoisotopic (exact) mass is 388 g/mol. The molecule has 1 saturated heterocycles. The summed E-state index contributed by atoms with van der Waals surface area (Å²) < 4.78 is 25.3. The second-order valence-electron chi connectivity index (χ2n) is 5.89. The fourth-order valence-corrected chi connectivity index (χ4v) is 4.64. The van der Waals surface area contributed by atoms with E-state index in [1.165, 1.54) is 0 Å². The van der Waals surface area contributed by atoms with Gasteiger partial charge in [-0.2, -0.15) is 0 Å². The van der Waals surface area contributed by atoms with Crippen LogP contribution in [0, 0.1) is 5.92 Å². The van der Waals surface area contributed by atoms with Crippen LogP contribution in [-0.4, -0.2) is 44.1 Å². The zero-order valence-electron chi connectivity index (χ0n) is 12.5. The van der Waals surface area contributed by atoms with Crippen molar-refractivity contribution < 1.29 is 13.2 Å². The molecular formula is C15H21BrN2O3S. The third-order valence-corrected chi connectivity index (χ3v) is 5.89. The minimum atomic E-state index is -3.48. The van der Waals surface area contributed by atoms with E-state index in [2.05, 4.69) is 15.9 Å². The van der Waals surface area contributed by atoms with Crippen molar-refractivity contribution in [3.05, 3.63) is 34.3 Å². The maximum Gasteiger partial charge on any atom is 0.238 e. The molecule has 1 heterocycles. The number of carbonyl (C=O) groups is 1. The summed E-state index contributed by atoms with van der Waals surface area (Å²) in [6.45, 7) is 3.02. The molecule has 0 spiro atoms. The molecule has 5 nitrogen and oxygen atoms in total. The Bertz CT molecular complexity index is 648. The Morgan fingerprint density at radius 3 is 2.77 bits per heavy atom. The lowest BCUT2D eigenvalue weighted by molar-refractivity contribution is -0.129. The number of rotatable bonds is 5. The molecule has 1 fully saturated rings. The van der Waals surface area contributed by atoms with Crippen LogP contribution >= 0.6 is 15.9 Å². The SMILES string of the molecule is CC1CC(CN)CN1C(=O)CS(=O)(=O)Cc1cccc(Br)c1. The number of amides is 1. The molecule has 0 bridgehead atoms. The normalized spacial score (nSPS) is 22.0. The van der Waals surface area contributed by atoms with Crippen LogP contribution in [0.3, 0.4) is 0 Å². The number of hydrogen-bond acceptors (Lipinski definition) is 4. The molecule has 0 radical (unpaired) electrons. The van der Waals surface area contributed by atoms with Gasteiger partial charge < -0.3 is 10.6 Å². The molecule has 7 heteroatoms. The number of nitrogens with two attached hydrogens (primary N) is 1. The third-order valence-electron chi connectivity index (χ3n) is 3.93. The number of likely N-dealkylation sites (tertiary alicyclic amines) is 1. The number of nitrogens with zero attached hydrogens (tertiary/aromatic N) is 1. The van der Waals surface area contributed by atoms with Gasteiger partial charge in [0, 0.05) is 17.1 Å². The summed E-state index contributed by atoms with van der Waals surface area (Å²) in [5.74, 6) is -0.618. The zero-order chi connectivity index (χ0) is 16.3. The first-order valence-corrected chi connectivity index (χ1v) is 9.86. The lowest BCUT2D eigenvalue weighted by Gasteiger charge is -2.21. The molecule has 122 valence electrons. The molecule has 2 unspecified atom stereocenters. The van der Waals surface area contributed by atoms with Crippen molar-refractivity contribution in [2.24, 2.45) is 11.7 Å². The molecule has 2 atom stereocenters. The van der Waals surface area contributed by atoms with Crippen molar-refractivity contribution in [3.63, 3.8) is 0 Å². The number of halogens is 1. The minimum absolute atomic E-state index is 0.0575. The Morgan fingerprint density at radius 1 is 1.45 bits per heavy atom. The lowest BCUT2D eigenvalue weighted by atomic mass is 10.1. The van der Waals surface area contributed by atoms with Gasteiger partial charge in [-0.05, 0) is 43.5 Å². The molecule has 1 aliphatic heterocycles. The van der Waals surface area contributed by atoms with Crippen LogP contribution in [0.4, 0.5) is 0 Å². The number of hydrogen-bond donors (Lipinski definition) is 1. The summed E-state index contributed by atoms with van der Waals surface area (Å²) in [5, 5.41) is 0. The smallest absolute Gasteiger partial charge is 0.238 e. The predicted octanol–water partition coefficient (Wildman–Crippen LogP) is 1.56. The average molecular weight is 389 g/mol. The molecule has 0 aliphatic carbocycles. The van der Waals surface area contributed by atoms with E-state index >= 15 is 0 Å². The Morgan fingerprint density at radius 2 is 2.18 bits per heavy atom. The van der Waals surface area contributed by atoms with Crippen LogP contribution in [0.2, 0.25) is 0 Å². The highest BCUT2D eigenvalue weighted by molar-refractivity contribution is 9.10. The van der Waals surface area contributed by atoms with Crippen LogP contribution in [0.15, 0.2) is 28.7 Å². The molecule has 1 aromatic carbocycles. The standard InChI is InChI=1S/C15H21BrN2O3S/c1-11-5-13(7-17)8-18(11)15(19)10-22(20,21)9-12-3-2-4-14(16)6-12/h2-4,6,11,13H,5,7-10,17H2,1H3. The molecule has 2 N–H and O–H groups in total. The van der Waals surface area contributed by atoms with Gasteiger partial charge in [0.1, 0.15) is 5.75 Å². The Kier molecular flexibility index (Phi) is 5.63. The maximum atomic E-state index is 12.3. The summed E-state index contributed by atoms with van der Waals surface area (Å²) in [6.07, 6.45) is 0.841. The molecule has 22 heavy (non-hydrogen) atoms. The number of benzene rings is 1. The second-order valence-corrected chi connectivity index (χ2v) is 8.87. The van der Waals surface area contributed by atoms with Gasteiger partial charge in [0.2, 0.25) is 5.91 Å². The van der Waals surface area contributed by atoms with Crippen LogP contribution in [0.25, 0.3) is 0 Å². The highest BCUT2D eigenvalue weighted by Crippen LogP contribution is 2.23. The maximum absolute atomic E-state index is 12.3. The summed E-state index contributed by atoms with van der Waals surface area (Å²) in [4.78, 5) is 13.9. The van der Waals surface area contributed by atoms with Crippen LogP contribution in [0.1, 0.15) is 18.9 Å². The van der Waals surface area contributed by atoms with E-state index in [4.69, 9.17) is 5.73 Å². The fraction of sp³-hybridized carbons (Fsp3) is 0.533. The molecular weight excluding hydrogens is 368 g/mol. The fourth-order valence-electron chi connectivity index (χ4n) is 2.86. The summed E-state index contributed by atoms with van der Waals surface area (Å²) in [6, 6.07) is 7.17. The molecule has 0 saturated carbocycles. The van der Waals surface area contributed by atoms with Crippen molar-refractivity contribution in [1.82, 2.24) is 4.90 Å². The number of carbonyl (C=O) groups excluding carboxylic acids is 1. The Hall–Kier alpha value is -0.920. The van der Waals surface area contributed by atoms with E-state index in [0.717, 1.165) is 10.9 Å². The van der Waals surface area contributed by atoms with E-state index in [1.54, 1.807) is 23.1 Å². The van der Waals surface area contributed by atoms with Gasteiger partial charge in [0.25, 0.3) is 0 Å². The van der Waals surface area contributed by atoms with Gasteiger partial charge in [0.15, 0.2) is 9.84 Å². The van der Waals surface area contributed by atoms with E-state index in [0.29, 0.717) is 18.7 Å². The first-order valence-electron chi connectivity index (χ1n) is 7.25. The van der Waals surface area contributed by atoms with Gasteiger partial charge in [-0.3, -0.25) is 4.79 Å². The van der Waals surface area contributed by atoms with Crippen molar-refractivity contribution in [3.8, 4) is 0 Å². The van der Waals surface area contributed by atoms with E-state index in [1.807, 2.05) is 13.0 Å². The highest BCUT2D eigenvalue weighted by Gasteiger charge is 2.33. The second kappa shape index (κ2) is 7.10. The summed E-state index contributed by atoms with van der Waals surface area (Å²) >= 11 is 3.31. The van der Waals surface area contributed by atoms with Gasteiger partial charge in [-0.15, -0.1) is 0 Å². The summed E-state index contributed by atoms with van der Waals surface area (Å²) in [5.41, 5.74) is 6.32. The van der Waals surface area contributed by atoms with Gasteiger partial charge >= 0.3 is 0 Å². The molecule has 2 rings (SSSR count). The lowest BCUT2D eigenvalue weighted by Crippen LogP contribution is -2.38. The number of sulfone groups is 1. The quantitative estimate of drug-likeness (QED) is 0.829. The van der Waals surface area contributed by atoms with E-state index < -0.39 is 15.6 Å². The largest absolute Gasteiger partial charge is 0.339 e. The predicted molar refractivity (Wildman–Crippen MR) is 90.0 cm³/mol. The van der Waals surface area contributed by atoms with Gasteiger partial charge in [-0.25, -0.2) is 8.42 Å². The van der Waals surface area contributed by atoms with Crippen molar-refractivity contribution >= 4 is 31.7 Å². The molecule has 1 aliphatic rings. The topological polar surface area (TPSA) is 80.5 Å². The van der Waals surface area contributed by atoms with E-state index in [9.17, 15) is 13.2 Å². The third kappa shape index (κ3) is 4.54. The molecule has 1 aromatic rings. The van der Waals surface area contributed by atoms with Crippen LogP contribution in [0.5, 0.6) is 0 Å². The molecule has 0 aromatic heterocycles. The first-order chi connectivity index (χ1) is 10.3. The average Bonchev–Trinajstić information content (AvgIpc) is 2.79. The van der Waals surface area contributed by atoms with Crippen molar-refractivity contribution in [2.75, 3.05) is 18.8 Å². The summed E-state index contributed by atoms with van der Waals surface area (Å²) in [7, 11) is -3.48. The highest BCUT2D eigenvalue weighted by atomic mass is 79.9. The van der Waals surface area contributed by atoms with Gasteiger partial charge in [-0.1, -0.05) is 28.1 Å². The van der Waals surface area contributed by atoms with Crippen LogP contribution < -0.4 is 5.73 Å². The zero-order valence-corrected chi connectivity index (χ0v) is 14.9. The molecule has 1 amide bonds. The van der Waals surface area contributed by atoms with E-state index in [-0.39, 0.29) is 23.6 Å². The first kappa shape index (κ1) is 17.4. The Labute approximate surface area is 139 Å². The van der Waals surface area contributed by atoms with Crippen LogP contribution in [-0.2, 0) is 20.4 Å². The van der Waals surface area contributed by atoms with Crippen molar-refractivity contribution in [1.29, 1.82) is 0 Å². The minimum Gasteiger partial charge on any atom is -0.339 e. The van der Waals surface area contributed by atoms with Crippen molar-refractivity contribution in [2.45, 2.75) is 25.1 Å². The Balaban J connectivity index is 2.01.